The Labute approximate surface area is 271 Å². The number of benzene rings is 3. The van der Waals surface area contributed by atoms with Crippen LogP contribution in [-0.4, -0.2) is 38.3 Å². The summed E-state index contributed by atoms with van der Waals surface area (Å²) in [5.74, 6) is -2.75. The first-order valence-electron chi connectivity index (χ1n) is 14.1. The van der Waals surface area contributed by atoms with Gasteiger partial charge >= 0.3 is 11.6 Å². The SMILES string of the molecule is CC(C)(C)NC(=O)C(c1ccccc1F)N(C(=O)Cn1cc(COC(=O)c2cc3ccccc3oc2=O)nn1)c1ccc(Br)cc1. The van der Waals surface area contributed by atoms with E-state index in [1.807, 2.05) is 0 Å². The van der Waals surface area contributed by atoms with Gasteiger partial charge < -0.3 is 14.5 Å². The number of anilines is 1. The van der Waals surface area contributed by atoms with Gasteiger partial charge in [0.05, 0.1) is 6.20 Å². The van der Waals surface area contributed by atoms with E-state index in [-0.39, 0.29) is 30.0 Å². The molecule has 1 N–H and O–H groups in total. The molecule has 236 valence electrons. The lowest BCUT2D eigenvalue weighted by Gasteiger charge is -2.34. The number of amides is 2. The minimum Gasteiger partial charge on any atom is -0.455 e. The second-order valence-electron chi connectivity index (χ2n) is 11.4. The molecule has 0 radical (unpaired) electrons. The lowest BCUT2D eigenvalue weighted by atomic mass is 10.00. The number of rotatable bonds is 9. The number of esters is 1. The molecule has 2 heterocycles. The molecule has 5 rings (SSSR count). The Morgan fingerprint density at radius 3 is 2.46 bits per heavy atom. The van der Waals surface area contributed by atoms with Crippen molar-refractivity contribution in [2.45, 2.75) is 45.5 Å². The molecule has 5 aromatic rings. The number of hydrogen-bond donors (Lipinski definition) is 1. The largest absolute Gasteiger partial charge is 0.455 e. The first-order chi connectivity index (χ1) is 21.9. The van der Waals surface area contributed by atoms with Crippen molar-refractivity contribution < 1.29 is 27.9 Å². The Kier molecular flexibility index (Phi) is 9.42. The van der Waals surface area contributed by atoms with E-state index in [0.29, 0.717) is 16.7 Å². The smallest absolute Gasteiger partial charge is 0.351 e. The first-order valence-corrected chi connectivity index (χ1v) is 14.9. The summed E-state index contributed by atoms with van der Waals surface area (Å²) < 4.78 is 27.6. The lowest BCUT2D eigenvalue weighted by molar-refractivity contribution is -0.128. The van der Waals surface area contributed by atoms with Gasteiger partial charge in [-0.3, -0.25) is 14.5 Å². The van der Waals surface area contributed by atoms with E-state index < -0.39 is 40.8 Å². The molecule has 0 spiro atoms. The van der Waals surface area contributed by atoms with Crippen LogP contribution in [0.15, 0.2) is 98.7 Å². The summed E-state index contributed by atoms with van der Waals surface area (Å²) in [4.78, 5) is 53.9. The van der Waals surface area contributed by atoms with Gasteiger partial charge in [-0.2, -0.15) is 0 Å². The topological polar surface area (TPSA) is 137 Å². The van der Waals surface area contributed by atoms with E-state index in [0.717, 1.165) is 4.47 Å². The van der Waals surface area contributed by atoms with Crippen LogP contribution in [0.1, 0.15) is 48.4 Å². The van der Waals surface area contributed by atoms with Crippen LogP contribution in [0, 0.1) is 5.82 Å². The van der Waals surface area contributed by atoms with E-state index in [1.54, 1.807) is 75.4 Å². The van der Waals surface area contributed by atoms with Gasteiger partial charge in [-0.15, -0.1) is 5.10 Å². The maximum atomic E-state index is 15.2. The van der Waals surface area contributed by atoms with Crippen molar-refractivity contribution in [2.75, 3.05) is 4.90 Å². The Hall–Kier alpha value is -5.17. The molecule has 2 aromatic heterocycles. The highest BCUT2D eigenvalue weighted by Gasteiger charge is 2.36. The van der Waals surface area contributed by atoms with E-state index in [9.17, 15) is 19.2 Å². The van der Waals surface area contributed by atoms with Crippen LogP contribution in [0.4, 0.5) is 10.1 Å². The lowest BCUT2D eigenvalue weighted by Crippen LogP contribution is -2.50. The number of hydrogen-bond acceptors (Lipinski definition) is 8. The molecule has 0 aliphatic heterocycles. The van der Waals surface area contributed by atoms with Crippen molar-refractivity contribution in [2.24, 2.45) is 0 Å². The van der Waals surface area contributed by atoms with Crippen molar-refractivity contribution >= 4 is 50.4 Å². The molecule has 13 heteroatoms. The Bertz CT molecular complexity index is 1970. The summed E-state index contributed by atoms with van der Waals surface area (Å²) in [5.41, 5.74) is -0.926. The number of nitrogens with zero attached hydrogens (tertiary/aromatic N) is 4. The number of nitrogens with one attached hydrogen (secondary N) is 1. The van der Waals surface area contributed by atoms with Crippen LogP contribution < -0.4 is 15.8 Å². The zero-order valence-corrected chi connectivity index (χ0v) is 26.7. The number of carbonyl (C=O) groups is 3. The van der Waals surface area contributed by atoms with Gasteiger partial charge in [-0.1, -0.05) is 57.5 Å². The number of ether oxygens (including phenoxy) is 1. The molecule has 2 amide bonds. The molecule has 0 bridgehead atoms. The summed E-state index contributed by atoms with van der Waals surface area (Å²) in [5, 5.41) is 11.4. The second-order valence-corrected chi connectivity index (χ2v) is 12.3. The fraction of sp³-hybridized carbons (Fsp3) is 0.212. The third kappa shape index (κ3) is 7.54. The predicted octanol–water partition coefficient (Wildman–Crippen LogP) is 5.33. The highest BCUT2D eigenvalue weighted by atomic mass is 79.9. The van der Waals surface area contributed by atoms with Gasteiger partial charge in [-0.25, -0.2) is 18.7 Å². The number of halogens is 2. The maximum absolute atomic E-state index is 15.2. The molecule has 0 saturated carbocycles. The minimum absolute atomic E-state index is 0.00452. The van der Waals surface area contributed by atoms with Crippen molar-refractivity contribution in [1.82, 2.24) is 20.3 Å². The zero-order valence-electron chi connectivity index (χ0n) is 25.1. The summed E-state index contributed by atoms with van der Waals surface area (Å²) >= 11 is 3.38. The third-order valence-corrected chi connectivity index (χ3v) is 7.20. The van der Waals surface area contributed by atoms with Gasteiger partial charge in [0.15, 0.2) is 0 Å². The minimum atomic E-state index is -1.37. The molecular weight excluding hydrogens is 661 g/mol. The van der Waals surface area contributed by atoms with E-state index in [1.165, 1.54) is 40.0 Å². The average molecular weight is 691 g/mol. The zero-order chi connectivity index (χ0) is 33.0. The summed E-state index contributed by atoms with van der Waals surface area (Å²) in [6, 6.07) is 19.2. The summed E-state index contributed by atoms with van der Waals surface area (Å²) in [7, 11) is 0. The normalized spacial score (nSPS) is 12.0. The highest BCUT2D eigenvalue weighted by Crippen LogP contribution is 2.31. The highest BCUT2D eigenvalue weighted by molar-refractivity contribution is 9.10. The first kappa shape index (κ1) is 32.2. The van der Waals surface area contributed by atoms with Crippen molar-refractivity contribution in [1.29, 1.82) is 0 Å². The number of aromatic nitrogens is 3. The quantitative estimate of drug-likeness (QED) is 0.162. The van der Waals surface area contributed by atoms with Crippen LogP contribution in [0.25, 0.3) is 11.0 Å². The van der Waals surface area contributed by atoms with Crippen LogP contribution in [0.3, 0.4) is 0 Å². The Morgan fingerprint density at radius 1 is 1.04 bits per heavy atom. The third-order valence-electron chi connectivity index (χ3n) is 6.67. The monoisotopic (exact) mass is 689 g/mol. The van der Waals surface area contributed by atoms with E-state index in [4.69, 9.17) is 9.15 Å². The molecule has 11 nitrogen and oxygen atoms in total. The number of carbonyl (C=O) groups excluding carboxylic acids is 3. The van der Waals surface area contributed by atoms with Crippen LogP contribution in [0.5, 0.6) is 0 Å². The molecule has 0 aliphatic carbocycles. The van der Waals surface area contributed by atoms with E-state index >= 15 is 4.39 Å². The molecule has 1 unspecified atom stereocenters. The summed E-state index contributed by atoms with van der Waals surface area (Å²) in [6.07, 6.45) is 1.39. The van der Waals surface area contributed by atoms with Crippen LogP contribution in [-0.2, 0) is 27.5 Å². The van der Waals surface area contributed by atoms with Crippen molar-refractivity contribution in [3.63, 3.8) is 0 Å². The van der Waals surface area contributed by atoms with Crippen LogP contribution in [0.2, 0.25) is 0 Å². The molecule has 0 fully saturated rings. The van der Waals surface area contributed by atoms with Crippen molar-refractivity contribution in [3.8, 4) is 0 Å². The molecule has 3 aromatic carbocycles. The fourth-order valence-corrected chi connectivity index (χ4v) is 4.95. The molecule has 0 aliphatic rings. The summed E-state index contributed by atoms with van der Waals surface area (Å²) in [6.45, 7) is 4.61. The fourth-order valence-electron chi connectivity index (χ4n) is 4.69. The van der Waals surface area contributed by atoms with Crippen LogP contribution >= 0.6 is 15.9 Å². The van der Waals surface area contributed by atoms with Gasteiger partial charge in [0, 0.05) is 26.6 Å². The van der Waals surface area contributed by atoms with Gasteiger partial charge in [0.1, 0.15) is 41.9 Å². The standard InChI is InChI=1S/C33H29BrFN5O6/c1-33(2,3)36-30(42)29(24-9-5-6-10-26(24)35)40(23-14-12-21(34)13-15-23)28(41)18-39-17-22(37-38-39)19-45-31(43)25-16-20-8-4-7-11-27(20)46-32(25)44/h4-17,29H,18-19H2,1-3H3,(H,36,42). The number of para-hydroxylation sites is 1. The second kappa shape index (κ2) is 13.4. The molecule has 0 saturated heterocycles. The molecule has 1 atom stereocenters. The molecule has 46 heavy (non-hydrogen) atoms. The van der Waals surface area contributed by atoms with E-state index in [2.05, 4.69) is 31.6 Å². The van der Waals surface area contributed by atoms with Gasteiger partial charge in [0.2, 0.25) is 11.8 Å². The Morgan fingerprint density at radius 2 is 1.74 bits per heavy atom. The Balaban J connectivity index is 1.39. The number of fused-ring (bicyclic) bond motifs is 1. The molecular formula is C33H29BrFN5O6. The van der Waals surface area contributed by atoms with Crippen molar-refractivity contribution in [3.05, 3.63) is 123 Å². The van der Waals surface area contributed by atoms with Gasteiger partial charge in [-0.05, 0) is 63.2 Å². The van der Waals surface area contributed by atoms with Gasteiger partial charge in [0.25, 0.3) is 0 Å². The predicted molar refractivity (Wildman–Crippen MR) is 170 cm³/mol. The maximum Gasteiger partial charge on any atom is 0.351 e. The average Bonchev–Trinajstić information content (AvgIpc) is 3.45.